The summed E-state index contributed by atoms with van der Waals surface area (Å²) in [5.41, 5.74) is 2.17. The van der Waals surface area contributed by atoms with Crippen LogP contribution in [0.2, 0.25) is 0 Å². The van der Waals surface area contributed by atoms with E-state index in [2.05, 4.69) is 10.9 Å². The predicted octanol–water partition coefficient (Wildman–Crippen LogP) is 3.52. The number of benzene rings is 2. The highest BCUT2D eigenvalue weighted by Gasteiger charge is 2.10. The van der Waals surface area contributed by atoms with E-state index in [0.717, 1.165) is 11.1 Å². The molecule has 3 aromatic rings. The molecule has 0 saturated carbocycles. The Bertz CT molecular complexity index is 1010. The standard InChI is InChI=1S/C18H13FN2OS/c1-3-10-21-15-9-8-13(19)11-16(15)23-18(21)20-17(22)14-7-5-4-6-12(14)2/h1,4-9,11H,10H2,2H3. The van der Waals surface area contributed by atoms with Crippen molar-refractivity contribution >= 4 is 27.5 Å². The van der Waals surface area contributed by atoms with Gasteiger partial charge in [0.2, 0.25) is 0 Å². The number of carbonyl (C=O) groups is 1. The van der Waals surface area contributed by atoms with Gasteiger partial charge in [-0.3, -0.25) is 4.79 Å². The topological polar surface area (TPSA) is 34.4 Å². The van der Waals surface area contributed by atoms with Crippen LogP contribution in [0, 0.1) is 25.1 Å². The van der Waals surface area contributed by atoms with Gasteiger partial charge in [-0.15, -0.1) is 6.42 Å². The van der Waals surface area contributed by atoms with Crippen LogP contribution in [0.1, 0.15) is 15.9 Å². The molecule has 114 valence electrons. The van der Waals surface area contributed by atoms with Gasteiger partial charge in [-0.25, -0.2) is 4.39 Å². The molecule has 3 nitrogen and oxygen atoms in total. The molecule has 0 bridgehead atoms. The van der Waals surface area contributed by atoms with Gasteiger partial charge in [0.15, 0.2) is 4.80 Å². The minimum Gasteiger partial charge on any atom is -0.305 e. The van der Waals surface area contributed by atoms with E-state index < -0.39 is 0 Å². The lowest BCUT2D eigenvalue weighted by atomic mass is 10.1. The van der Waals surface area contributed by atoms with Crippen LogP contribution in [0.15, 0.2) is 47.5 Å². The van der Waals surface area contributed by atoms with Gasteiger partial charge in [0.1, 0.15) is 5.82 Å². The Balaban J connectivity index is 2.19. The van der Waals surface area contributed by atoms with Crippen LogP contribution in [-0.2, 0) is 6.54 Å². The van der Waals surface area contributed by atoms with Crippen LogP contribution in [0.25, 0.3) is 10.2 Å². The van der Waals surface area contributed by atoms with Crippen molar-refractivity contribution in [1.82, 2.24) is 4.57 Å². The molecule has 3 rings (SSSR count). The van der Waals surface area contributed by atoms with E-state index in [9.17, 15) is 9.18 Å². The summed E-state index contributed by atoms with van der Waals surface area (Å²) >= 11 is 1.25. The van der Waals surface area contributed by atoms with Gasteiger partial charge in [-0.1, -0.05) is 35.5 Å². The van der Waals surface area contributed by atoms with Crippen molar-refractivity contribution in [3.8, 4) is 12.3 Å². The zero-order chi connectivity index (χ0) is 16.4. The zero-order valence-electron chi connectivity index (χ0n) is 12.4. The first kappa shape index (κ1) is 15.2. The van der Waals surface area contributed by atoms with Gasteiger partial charge in [0.25, 0.3) is 5.91 Å². The normalized spacial score (nSPS) is 11.6. The van der Waals surface area contributed by atoms with E-state index in [1.807, 2.05) is 19.1 Å². The number of hydrogen-bond acceptors (Lipinski definition) is 2. The van der Waals surface area contributed by atoms with Gasteiger partial charge in [0, 0.05) is 5.56 Å². The number of carbonyl (C=O) groups excluding carboxylic acids is 1. The summed E-state index contributed by atoms with van der Waals surface area (Å²) in [5, 5.41) is 0. The Kier molecular flexibility index (Phi) is 4.09. The van der Waals surface area contributed by atoms with E-state index in [1.165, 1.54) is 23.5 Å². The summed E-state index contributed by atoms with van der Waals surface area (Å²) < 4.78 is 15.9. The van der Waals surface area contributed by atoms with E-state index in [0.29, 0.717) is 15.1 Å². The Morgan fingerprint density at radius 1 is 1.35 bits per heavy atom. The SMILES string of the molecule is C#CCn1c(=NC(=O)c2ccccc2C)sc2cc(F)ccc21. The molecule has 0 fully saturated rings. The number of terminal acetylenes is 1. The number of aromatic nitrogens is 1. The lowest BCUT2D eigenvalue weighted by Crippen LogP contribution is -2.16. The molecule has 1 heterocycles. The van der Waals surface area contributed by atoms with Crippen LogP contribution >= 0.6 is 11.3 Å². The van der Waals surface area contributed by atoms with Crippen molar-refractivity contribution in [3.05, 3.63) is 64.2 Å². The van der Waals surface area contributed by atoms with Crippen molar-refractivity contribution in [1.29, 1.82) is 0 Å². The van der Waals surface area contributed by atoms with Crippen LogP contribution < -0.4 is 4.80 Å². The number of halogens is 1. The molecule has 23 heavy (non-hydrogen) atoms. The number of hydrogen-bond donors (Lipinski definition) is 0. The number of thiazole rings is 1. The zero-order valence-corrected chi connectivity index (χ0v) is 13.2. The Morgan fingerprint density at radius 2 is 2.13 bits per heavy atom. The summed E-state index contributed by atoms with van der Waals surface area (Å²) in [4.78, 5) is 17.1. The largest absolute Gasteiger partial charge is 0.305 e. The smallest absolute Gasteiger partial charge is 0.279 e. The van der Waals surface area contributed by atoms with Crippen LogP contribution in [0.3, 0.4) is 0 Å². The van der Waals surface area contributed by atoms with Gasteiger partial charge in [0.05, 0.1) is 16.8 Å². The Labute approximate surface area is 136 Å². The molecule has 0 spiro atoms. The van der Waals surface area contributed by atoms with Crippen molar-refractivity contribution in [3.63, 3.8) is 0 Å². The van der Waals surface area contributed by atoms with Crippen molar-refractivity contribution in [2.24, 2.45) is 4.99 Å². The molecule has 0 aliphatic rings. The third-order valence-corrected chi connectivity index (χ3v) is 4.51. The minimum absolute atomic E-state index is 0.269. The van der Waals surface area contributed by atoms with Crippen LogP contribution in [0.5, 0.6) is 0 Å². The van der Waals surface area contributed by atoms with Crippen molar-refractivity contribution in [2.75, 3.05) is 0 Å². The molecule has 0 saturated heterocycles. The lowest BCUT2D eigenvalue weighted by molar-refractivity contribution is 0.0997. The molecule has 1 amide bonds. The maximum atomic E-state index is 13.4. The summed E-state index contributed by atoms with van der Waals surface area (Å²) in [6.45, 7) is 2.13. The maximum absolute atomic E-state index is 13.4. The lowest BCUT2D eigenvalue weighted by Gasteiger charge is -2.01. The molecule has 0 aliphatic heterocycles. The molecule has 0 unspecified atom stereocenters. The quantitative estimate of drug-likeness (QED) is 0.664. The predicted molar refractivity (Wildman–Crippen MR) is 89.7 cm³/mol. The number of rotatable bonds is 2. The fraction of sp³-hybridized carbons (Fsp3) is 0.111. The summed E-state index contributed by atoms with van der Waals surface area (Å²) in [6.07, 6.45) is 5.41. The highest BCUT2D eigenvalue weighted by atomic mass is 32.1. The second-order valence-electron chi connectivity index (χ2n) is 5.02. The molecule has 5 heteroatoms. The minimum atomic E-state index is -0.333. The first-order chi connectivity index (χ1) is 11.1. The first-order valence-corrected chi connectivity index (χ1v) is 7.79. The summed E-state index contributed by atoms with van der Waals surface area (Å²) in [6, 6.07) is 11.7. The van der Waals surface area contributed by atoms with E-state index in [1.54, 1.807) is 22.8 Å². The van der Waals surface area contributed by atoms with Crippen molar-refractivity contribution in [2.45, 2.75) is 13.5 Å². The monoisotopic (exact) mass is 324 g/mol. The average Bonchev–Trinajstić information content (AvgIpc) is 2.84. The fourth-order valence-electron chi connectivity index (χ4n) is 2.34. The number of amides is 1. The van der Waals surface area contributed by atoms with Gasteiger partial charge in [-0.2, -0.15) is 4.99 Å². The van der Waals surface area contributed by atoms with Gasteiger partial charge in [-0.05, 0) is 36.8 Å². The number of nitrogens with zero attached hydrogens (tertiary/aromatic N) is 2. The van der Waals surface area contributed by atoms with Crippen molar-refractivity contribution < 1.29 is 9.18 Å². The maximum Gasteiger partial charge on any atom is 0.279 e. The number of fused-ring (bicyclic) bond motifs is 1. The molecular formula is C18H13FN2OS. The summed E-state index contributed by atoms with van der Waals surface area (Å²) in [7, 11) is 0. The van der Waals surface area contributed by atoms with Crippen LogP contribution in [0.4, 0.5) is 4.39 Å². The molecule has 2 aromatic carbocycles. The molecule has 0 N–H and O–H groups in total. The Hall–Kier alpha value is -2.71. The van der Waals surface area contributed by atoms with E-state index in [4.69, 9.17) is 6.42 Å². The van der Waals surface area contributed by atoms with Gasteiger partial charge < -0.3 is 4.57 Å². The van der Waals surface area contributed by atoms with E-state index >= 15 is 0 Å². The molecule has 0 atom stereocenters. The van der Waals surface area contributed by atoms with Crippen LogP contribution in [-0.4, -0.2) is 10.5 Å². The van der Waals surface area contributed by atoms with Gasteiger partial charge >= 0.3 is 0 Å². The highest BCUT2D eigenvalue weighted by Crippen LogP contribution is 2.19. The second kappa shape index (κ2) is 6.19. The average molecular weight is 324 g/mol. The molecule has 0 radical (unpaired) electrons. The third-order valence-electron chi connectivity index (χ3n) is 3.47. The molecule has 0 aliphatic carbocycles. The Morgan fingerprint density at radius 3 is 2.87 bits per heavy atom. The second-order valence-corrected chi connectivity index (χ2v) is 6.03. The fourth-order valence-corrected chi connectivity index (χ4v) is 3.39. The number of aryl methyl sites for hydroxylation is 1. The molecular weight excluding hydrogens is 311 g/mol. The third kappa shape index (κ3) is 2.94. The van der Waals surface area contributed by atoms with E-state index in [-0.39, 0.29) is 18.3 Å². The first-order valence-electron chi connectivity index (χ1n) is 6.97. The molecule has 1 aromatic heterocycles. The highest BCUT2D eigenvalue weighted by molar-refractivity contribution is 7.16. The summed E-state index contributed by atoms with van der Waals surface area (Å²) in [5.74, 6) is 1.88.